The van der Waals surface area contributed by atoms with Crippen molar-refractivity contribution >= 4 is 0 Å². The summed E-state index contributed by atoms with van der Waals surface area (Å²) in [7, 11) is 0. The topological polar surface area (TPSA) is 36.7 Å². The lowest BCUT2D eigenvalue weighted by molar-refractivity contribution is 0.911. The van der Waals surface area contributed by atoms with Crippen molar-refractivity contribution in [2.75, 3.05) is 0 Å². The van der Waals surface area contributed by atoms with Gasteiger partial charge in [-0.05, 0) is 36.5 Å². The van der Waals surface area contributed by atoms with E-state index in [4.69, 9.17) is 5.26 Å². The molecule has 0 amide bonds. The molecule has 0 saturated heterocycles. The summed E-state index contributed by atoms with van der Waals surface area (Å²) in [5.41, 5.74) is 3.92. The van der Waals surface area contributed by atoms with Gasteiger partial charge in [0.05, 0.1) is 6.07 Å². The van der Waals surface area contributed by atoms with Crippen LogP contribution in [-0.4, -0.2) is 4.98 Å². The number of fused-ring (bicyclic) bond motifs is 1. The molecule has 0 N–H and O–H groups in total. The highest BCUT2D eigenvalue weighted by Crippen LogP contribution is 2.21. The summed E-state index contributed by atoms with van der Waals surface area (Å²) in [6, 6.07) is 4.31. The Hall–Kier alpha value is -1.36. The van der Waals surface area contributed by atoms with Gasteiger partial charge in [-0.1, -0.05) is 0 Å². The van der Waals surface area contributed by atoms with Crippen LogP contribution >= 0.6 is 0 Å². The van der Waals surface area contributed by atoms with E-state index in [0.29, 0.717) is 6.42 Å². The smallest absolute Gasteiger partial charge is 0.0625 e. The summed E-state index contributed by atoms with van der Waals surface area (Å²) in [4.78, 5) is 4.34. The normalized spacial score (nSPS) is 13.8. The van der Waals surface area contributed by atoms with Crippen molar-refractivity contribution in [3.05, 3.63) is 29.1 Å². The van der Waals surface area contributed by atoms with Gasteiger partial charge < -0.3 is 0 Å². The molecule has 2 rings (SSSR count). The maximum Gasteiger partial charge on any atom is 0.0625 e. The fourth-order valence-corrected chi connectivity index (χ4v) is 1.82. The Morgan fingerprint density at radius 3 is 3.08 bits per heavy atom. The molecule has 66 valence electrons. The summed E-state index contributed by atoms with van der Waals surface area (Å²) >= 11 is 0. The Bertz CT molecular complexity index is 350. The van der Waals surface area contributed by atoms with E-state index in [1.165, 1.54) is 30.4 Å². The molecule has 0 radical (unpaired) electrons. The number of nitriles is 1. The minimum Gasteiger partial charge on any atom is -0.261 e. The van der Waals surface area contributed by atoms with Crippen LogP contribution in [0.5, 0.6) is 0 Å². The lowest BCUT2D eigenvalue weighted by Crippen LogP contribution is -1.92. The molecule has 1 aliphatic rings. The second-order valence-electron chi connectivity index (χ2n) is 3.46. The standard InChI is InChI=1S/C11H12N2/c12-6-2-5-11-7-9-3-1-4-10(9)8-13-11/h7-8H,1-5H2. The molecule has 0 saturated carbocycles. The van der Waals surface area contributed by atoms with E-state index in [2.05, 4.69) is 17.1 Å². The largest absolute Gasteiger partial charge is 0.261 e. The summed E-state index contributed by atoms with van der Waals surface area (Å²) in [5, 5.41) is 8.44. The monoisotopic (exact) mass is 172 g/mol. The Kier molecular flexibility index (Phi) is 2.27. The molecule has 0 fully saturated rings. The van der Waals surface area contributed by atoms with Gasteiger partial charge in [0.25, 0.3) is 0 Å². The molecule has 1 aromatic heterocycles. The first-order chi connectivity index (χ1) is 6.40. The van der Waals surface area contributed by atoms with Crippen LogP contribution < -0.4 is 0 Å². The molecule has 1 heterocycles. The fourth-order valence-electron chi connectivity index (χ4n) is 1.82. The van der Waals surface area contributed by atoms with Gasteiger partial charge in [-0.3, -0.25) is 4.98 Å². The molecule has 0 spiro atoms. The number of nitrogens with zero attached hydrogens (tertiary/aromatic N) is 2. The van der Waals surface area contributed by atoms with Crippen molar-refractivity contribution in [3.63, 3.8) is 0 Å². The average Bonchev–Trinajstić information content (AvgIpc) is 2.61. The van der Waals surface area contributed by atoms with Gasteiger partial charge in [-0.15, -0.1) is 0 Å². The molecule has 0 aliphatic heterocycles. The van der Waals surface area contributed by atoms with E-state index in [1.54, 1.807) is 0 Å². The predicted octanol–water partition coefficient (Wildman–Crippen LogP) is 2.03. The quantitative estimate of drug-likeness (QED) is 0.684. The number of pyridine rings is 1. The molecule has 1 aromatic rings. The van der Waals surface area contributed by atoms with Crippen molar-refractivity contribution < 1.29 is 0 Å². The Morgan fingerprint density at radius 1 is 1.38 bits per heavy atom. The Labute approximate surface area is 78.2 Å². The van der Waals surface area contributed by atoms with Crippen LogP contribution in [-0.2, 0) is 19.3 Å². The van der Waals surface area contributed by atoms with Gasteiger partial charge in [0.15, 0.2) is 0 Å². The zero-order valence-corrected chi connectivity index (χ0v) is 7.58. The summed E-state index contributed by atoms with van der Waals surface area (Å²) in [6.45, 7) is 0. The first kappa shape index (κ1) is 8.25. The molecule has 0 unspecified atom stereocenters. The third kappa shape index (κ3) is 1.70. The molecule has 1 aliphatic carbocycles. The molecule has 0 aromatic carbocycles. The Balaban J connectivity index is 2.17. The van der Waals surface area contributed by atoms with Crippen LogP contribution in [0.25, 0.3) is 0 Å². The van der Waals surface area contributed by atoms with E-state index in [1.807, 2.05) is 6.20 Å². The Morgan fingerprint density at radius 2 is 2.23 bits per heavy atom. The van der Waals surface area contributed by atoms with Crippen molar-refractivity contribution in [1.82, 2.24) is 4.98 Å². The molecule has 2 heteroatoms. The van der Waals surface area contributed by atoms with E-state index < -0.39 is 0 Å². The minimum atomic E-state index is 0.575. The maximum absolute atomic E-state index is 8.44. The average molecular weight is 172 g/mol. The number of aryl methyl sites for hydroxylation is 3. The zero-order valence-electron chi connectivity index (χ0n) is 7.58. The van der Waals surface area contributed by atoms with Crippen molar-refractivity contribution in [1.29, 1.82) is 5.26 Å². The van der Waals surface area contributed by atoms with E-state index in [-0.39, 0.29) is 0 Å². The van der Waals surface area contributed by atoms with Gasteiger partial charge in [-0.2, -0.15) is 5.26 Å². The van der Waals surface area contributed by atoms with Crippen LogP contribution in [0.3, 0.4) is 0 Å². The number of rotatable bonds is 2. The van der Waals surface area contributed by atoms with Gasteiger partial charge in [-0.25, -0.2) is 0 Å². The third-order valence-corrected chi connectivity index (χ3v) is 2.52. The molecule has 13 heavy (non-hydrogen) atoms. The van der Waals surface area contributed by atoms with Crippen molar-refractivity contribution in [3.8, 4) is 6.07 Å². The lowest BCUT2D eigenvalue weighted by Gasteiger charge is -2.01. The molecular weight excluding hydrogens is 160 g/mol. The lowest BCUT2D eigenvalue weighted by atomic mass is 10.1. The maximum atomic E-state index is 8.44. The molecular formula is C11H12N2. The van der Waals surface area contributed by atoms with E-state index in [9.17, 15) is 0 Å². The first-order valence-corrected chi connectivity index (χ1v) is 4.74. The second kappa shape index (κ2) is 3.57. The highest BCUT2D eigenvalue weighted by molar-refractivity contribution is 5.30. The first-order valence-electron chi connectivity index (χ1n) is 4.74. The highest BCUT2D eigenvalue weighted by atomic mass is 14.7. The van der Waals surface area contributed by atoms with Crippen LogP contribution in [0.1, 0.15) is 29.7 Å². The third-order valence-electron chi connectivity index (χ3n) is 2.52. The summed E-state index contributed by atoms with van der Waals surface area (Å²) in [6.07, 6.45) is 6.99. The van der Waals surface area contributed by atoms with E-state index in [0.717, 1.165) is 12.1 Å². The van der Waals surface area contributed by atoms with E-state index >= 15 is 0 Å². The fraction of sp³-hybridized carbons (Fsp3) is 0.455. The number of hydrogen-bond donors (Lipinski definition) is 0. The summed E-state index contributed by atoms with van der Waals surface area (Å²) < 4.78 is 0. The number of hydrogen-bond acceptors (Lipinski definition) is 2. The SMILES string of the molecule is N#CCCc1cc2c(cn1)CCC2. The molecule has 2 nitrogen and oxygen atoms in total. The summed E-state index contributed by atoms with van der Waals surface area (Å²) in [5.74, 6) is 0. The van der Waals surface area contributed by atoms with Crippen molar-refractivity contribution in [2.45, 2.75) is 32.1 Å². The highest BCUT2D eigenvalue weighted by Gasteiger charge is 2.11. The zero-order chi connectivity index (χ0) is 9.10. The second-order valence-corrected chi connectivity index (χ2v) is 3.46. The number of aromatic nitrogens is 1. The predicted molar refractivity (Wildman–Crippen MR) is 50.2 cm³/mol. The van der Waals surface area contributed by atoms with Crippen LogP contribution in [0, 0.1) is 11.3 Å². The van der Waals surface area contributed by atoms with Gasteiger partial charge in [0, 0.05) is 24.7 Å². The van der Waals surface area contributed by atoms with Crippen LogP contribution in [0.4, 0.5) is 0 Å². The molecule has 0 atom stereocenters. The van der Waals surface area contributed by atoms with Gasteiger partial charge in [0.2, 0.25) is 0 Å². The minimum absolute atomic E-state index is 0.575. The van der Waals surface area contributed by atoms with Gasteiger partial charge >= 0.3 is 0 Å². The van der Waals surface area contributed by atoms with Crippen LogP contribution in [0.15, 0.2) is 12.3 Å². The van der Waals surface area contributed by atoms with Crippen molar-refractivity contribution in [2.24, 2.45) is 0 Å². The molecule has 0 bridgehead atoms. The van der Waals surface area contributed by atoms with Gasteiger partial charge in [0.1, 0.15) is 0 Å². The van der Waals surface area contributed by atoms with Crippen LogP contribution in [0.2, 0.25) is 0 Å².